The molecule has 1 aromatic rings. The molecule has 0 saturated heterocycles. The van der Waals surface area contributed by atoms with Crippen LogP contribution in [0.5, 0.6) is 0 Å². The standard InChI is InChI=1S/C15H21NO/c1-4-8-15(17)16-14(11-12(2)3)13-9-6-5-7-10-13/h4-10,12,14H,11H2,1-3H3,(H,16,17). The van der Waals surface area contributed by atoms with E-state index in [1.807, 2.05) is 25.1 Å². The molecule has 0 aliphatic heterocycles. The number of benzene rings is 1. The van der Waals surface area contributed by atoms with Crippen molar-refractivity contribution < 1.29 is 4.79 Å². The largest absolute Gasteiger partial charge is 0.346 e. The average molecular weight is 231 g/mol. The van der Waals surface area contributed by atoms with Gasteiger partial charge in [0.25, 0.3) is 0 Å². The van der Waals surface area contributed by atoms with Crippen LogP contribution < -0.4 is 5.32 Å². The van der Waals surface area contributed by atoms with Crippen molar-refractivity contribution in [3.63, 3.8) is 0 Å². The molecule has 0 aliphatic rings. The molecule has 1 aromatic carbocycles. The minimum absolute atomic E-state index is 0.0259. The Bertz CT molecular complexity index is 368. The molecule has 0 bridgehead atoms. The highest BCUT2D eigenvalue weighted by atomic mass is 16.1. The quantitative estimate of drug-likeness (QED) is 0.772. The van der Waals surface area contributed by atoms with Crippen LogP contribution in [0.15, 0.2) is 42.5 Å². The van der Waals surface area contributed by atoms with Crippen molar-refractivity contribution in [3.05, 3.63) is 48.0 Å². The van der Waals surface area contributed by atoms with Crippen molar-refractivity contribution in [1.82, 2.24) is 5.32 Å². The molecule has 1 N–H and O–H groups in total. The molecule has 2 nitrogen and oxygen atoms in total. The van der Waals surface area contributed by atoms with Crippen LogP contribution in [0, 0.1) is 5.92 Å². The summed E-state index contributed by atoms with van der Waals surface area (Å²) < 4.78 is 0. The second-order valence-corrected chi connectivity index (χ2v) is 4.60. The lowest BCUT2D eigenvalue weighted by Gasteiger charge is -2.20. The molecular weight excluding hydrogens is 210 g/mol. The van der Waals surface area contributed by atoms with Gasteiger partial charge < -0.3 is 5.32 Å². The van der Waals surface area contributed by atoms with E-state index >= 15 is 0 Å². The fourth-order valence-corrected chi connectivity index (χ4v) is 1.81. The fraction of sp³-hybridized carbons (Fsp3) is 0.400. The first-order chi connectivity index (χ1) is 8.13. The topological polar surface area (TPSA) is 29.1 Å². The minimum Gasteiger partial charge on any atom is -0.346 e. The van der Waals surface area contributed by atoms with Gasteiger partial charge in [-0.1, -0.05) is 50.3 Å². The molecule has 0 aliphatic carbocycles. The van der Waals surface area contributed by atoms with Crippen molar-refractivity contribution in [2.75, 3.05) is 0 Å². The van der Waals surface area contributed by atoms with E-state index in [0.29, 0.717) is 5.92 Å². The van der Waals surface area contributed by atoms with Gasteiger partial charge in [0.15, 0.2) is 0 Å². The Labute approximate surface area is 104 Å². The summed E-state index contributed by atoms with van der Waals surface area (Å²) in [5.74, 6) is 0.521. The van der Waals surface area contributed by atoms with E-state index in [-0.39, 0.29) is 11.9 Å². The molecule has 1 atom stereocenters. The van der Waals surface area contributed by atoms with E-state index < -0.39 is 0 Å². The van der Waals surface area contributed by atoms with Gasteiger partial charge in [-0.05, 0) is 30.9 Å². The van der Waals surface area contributed by atoms with Crippen LogP contribution >= 0.6 is 0 Å². The Morgan fingerprint density at radius 1 is 1.29 bits per heavy atom. The summed E-state index contributed by atoms with van der Waals surface area (Å²) in [4.78, 5) is 11.6. The number of hydrogen-bond acceptors (Lipinski definition) is 1. The van der Waals surface area contributed by atoms with Crippen molar-refractivity contribution in [2.45, 2.75) is 33.2 Å². The van der Waals surface area contributed by atoms with Crippen LogP contribution in [0.3, 0.4) is 0 Å². The molecule has 0 fully saturated rings. The summed E-state index contributed by atoms with van der Waals surface area (Å²) in [5, 5.41) is 3.04. The fourth-order valence-electron chi connectivity index (χ4n) is 1.81. The van der Waals surface area contributed by atoms with Crippen LogP contribution in [-0.4, -0.2) is 5.91 Å². The molecule has 0 spiro atoms. The number of amides is 1. The Balaban J connectivity index is 2.77. The Hall–Kier alpha value is -1.57. The lowest BCUT2D eigenvalue weighted by Crippen LogP contribution is -2.27. The second kappa shape index (κ2) is 6.89. The monoisotopic (exact) mass is 231 g/mol. The zero-order valence-corrected chi connectivity index (χ0v) is 10.8. The Morgan fingerprint density at radius 2 is 1.94 bits per heavy atom. The van der Waals surface area contributed by atoms with Crippen LogP contribution in [-0.2, 0) is 4.79 Å². The first-order valence-corrected chi connectivity index (χ1v) is 6.11. The molecule has 1 unspecified atom stereocenters. The zero-order valence-electron chi connectivity index (χ0n) is 10.8. The predicted molar refractivity (Wildman–Crippen MR) is 71.6 cm³/mol. The van der Waals surface area contributed by atoms with Gasteiger partial charge in [0, 0.05) is 0 Å². The molecule has 17 heavy (non-hydrogen) atoms. The first-order valence-electron chi connectivity index (χ1n) is 6.11. The summed E-state index contributed by atoms with van der Waals surface area (Å²) in [6.45, 7) is 6.18. The maximum absolute atomic E-state index is 11.6. The minimum atomic E-state index is -0.0259. The highest BCUT2D eigenvalue weighted by Gasteiger charge is 2.14. The van der Waals surface area contributed by atoms with E-state index in [1.165, 1.54) is 5.56 Å². The van der Waals surface area contributed by atoms with Gasteiger partial charge in [0.1, 0.15) is 0 Å². The second-order valence-electron chi connectivity index (χ2n) is 4.60. The van der Waals surface area contributed by atoms with Gasteiger partial charge in [0.05, 0.1) is 6.04 Å². The number of nitrogens with one attached hydrogen (secondary N) is 1. The van der Waals surface area contributed by atoms with Crippen LogP contribution in [0.4, 0.5) is 0 Å². The lowest BCUT2D eigenvalue weighted by molar-refractivity contribution is -0.117. The van der Waals surface area contributed by atoms with Gasteiger partial charge in [-0.15, -0.1) is 0 Å². The van der Waals surface area contributed by atoms with Crippen molar-refractivity contribution >= 4 is 5.91 Å². The van der Waals surface area contributed by atoms with Crippen LogP contribution in [0.1, 0.15) is 38.8 Å². The van der Waals surface area contributed by atoms with Crippen molar-refractivity contribution in [3.8, 4) is 0 Å². The van der Waals surface area contributed by atoms with Crippen LogP contribution in [0.25, 0.3) is 0 Å². The van der Waals surface area contributed by atoms with E-state index in [2.05, 4.69) is 31.3 Å². The maximum Gasteiger partial charge on any atom is 0.244 e. The van der Waals surface area contributed by atoms with Gasteiger partial charge in [-0.2, -0.15) is 0 Å². The SMILES string of the molecule is CC=CC(=O)NC(CC(C)C)c1ccccc1. The summed E-state index contributed by atoms with van der Waals surface area (Å²) >= 11 is 0. The number of carbonyl (C=O) groups excluding carboxylic acids is 1. The molecule has 92 valence electrons. The van der Waals surface area contributed by atoms with Gasteiger partial charge >= 0.3 is 0 Å². The molecule has 0 radical (unpaired) electrons. The average Bonchev–Trinajstić information content (AvgIpc) is 2.29. The van der Waals surface area contributed by atoms with Gasteiger partial charge in [-0.3, -0.25) is 4.79 Å². The summed E-state index contributed by atoms with van der Waals surface area (Å²) in [6, 6.07) is 10.2. The van der Waals surface area contributed by atoms with Crippen LogP contribution in [0.2, 0.25) is 0 Å². The third-order valence-electron chi connectivity index (χ3n) is 2.54. The Kier molecular flexibility index (Phi) is 5.47. The smallest absolute Gasteiger partial charge is 0.244 e. The molecule has 0 saturated carbocycles. The maximum atomic E-state index is 11.6. The number of rotatable bonds is 5. The Morgan fingerprint density at radius 3 is 2.47 bits per heavy atom. The predicted octanol–water partition coefficient (Wildman–Crippen LogP) is 3.47. The third kappa shape index (κ3) is 4.85. The van der Waals surface area contributed by atoms with E-state index in [1.54, 1.807) is 12.2 Å². The van der Waals surface area contributed by atoms with Crippen molar-refractivity contribution in [2.24, 2.45) is 5.92 Å². The molecule has 2 heteroatoms. The summed E-state index contributed by atoms with van der Waals surface area (Å²) in [6.07, 6.45) is 4.27. The number of allylic oxidation sites excluding steroid dienone is 1. The first kappa shape index (κ1) is 13.5. The van der Waals surface area contributed by atoms with Crippen molar-refractivity contribution in [1.29, 1.82) is 0 Å². The van der Waals surface area contributed by atoms with E-state index in [9.17, 15) is 4.79 Å². The molecule has 1 rings (SSSR count). The van der Waals surface area contributed by atoms with Gasteiger partial charge in [-0.25, -0.2) is 0 Å². The third-order valence-corrected chi connectivity index (χ3v) is 2.54. The lowest BCUT2D eigenvalue weighted by atomic mass is 9.97. The number of carbonyl (C=O) groups is 1. The normalized spacial score (nSPS) is 12.9. The summed E-state index contributed by atoms with van der Waals surface area (Å²) in [7, 11) is 0. The number of hydrogen-bond donors (Lipinski definition) is 1. The highest BCUT2D eigenvalue weighted by Crippen LogP contribution is 2.20. The zero-order chi connectivity index (χ0) is 12.7. The molecule has 0 heterocycles. The molecule has 1 amide bonds. The highest BCUT2D eigenvalue weighted by molar-refractivity contribution is 5.87. The molecule has 0 aromatic heterocycles. The van der Waals surface area contributed by atoms with E-state index in [4.69, 9.17) is 0 Å². The van der Waals surface area contributed by atoms with Gasteiger partial charge in [0.2, 0.25) is 5.91 Å². The molecular formula is C15H21NO. The van der Waals surface area contributed by atoms with E-state index in [0.717, 1.165) is 6.42 Å². The summed E-state index contributed by atoms with van der Waals surface area (Å²) in [5.41, 5.74) is 1.17.